The minimum atomic E-state index is -2.03. The third kappa shape index (κ3) is 22.7. The van der Waals surface area contributed by atoms with Crippen molar-refractivity contribution in [2.45, 2.75) is 13.2 Å². The zero-order chi connectivity index (χ0) is 8.57. The number of methoxy groups -OCH3 is 2. The predicted molar refractivity (Wildman–Crippen MR) is 41.0 cm³/mol. The van der Waals surface area contributed by atoms with Crippen molar-refractivity contribution in [3.63, 3.8) is 0 Å². The summed E-state index contributed by atoms with van der Waals surface area (Å²) < 4.78 is 9.35. The molecule has 0 radical (unpaired) electrons. The van der Waals surface area contributed by atoms with Crippen molar-refractivity contribution in [2.24, 2.45) is 0 Å². The van der Waals surface area contributed by atoms with Crippen molar-refractivity contribution in [3.8, 4) is 0 Å². The quantitative estimate of drug-likeness (QED) is 0.575. The van der Waals surface area contributed by atoms with E-state index in [2.05, 4.69) is 9.47 Å². The van der Waals surface area contributed by atoms with Crippen LogP contribution in [0.4, 0.5) is 0 Å². The maximum absolute atomic E-state index is 4.99. The summed E-state index contributed by atoms with van der Waals surface area (Å²) in [5.41, 5.74) is 0. The van der Waals surface area contributed by atoms with Crippen molar-refractivity contribution >= 4 is 27.6 Å². The molecule has 0 bridgehead atoms. The molecule has 10 heavy (non-hydrogen) atoms. The van der Waals surface area contributed by atoms with E-state index in [1.54, 1.807) is 14.2 Å². The van der Waals surface area contributed by atoms with Crippen LogP contribution in [0.5, 0.6) is 0 Å². The molecule has 0 saturated heterocycles. The van der Waals surface area contributed by atoms with Crippen molar-refractivity contribution in [3.05, 3.63) is 0 Å². The van der Waals surface area contributed by atoms with Gasteiger partial charge < -0.3 is 9.47 Å². The summed E-state index contributed by atoms with van der Waals surface area (Å²) in [4.78, 5) is 0. The van der Waals surface area contributed by atoms with Crippen molar-refractivity contribution < 1.29 is 24.7 Å². The van der Waals surface area contributed by atoms with Crippen molar-refractivity contribution in [1.82, 2.24) is 0 Å². The van der Waals surface area contributed by atoms with Crippen LogP contribution in [0.2, 0.25) is 0 Å². The Labute approximate surface area is 79.3 Å². The van der Waals surface area contributed by atoms with Gasteiger partial charge in [-0.2, -0.15) is 0 Å². The molecule has 2 nitrogen and oxygen atoms in total. The second-order valence-electron chi connectivity index (χ2n) is 1.23. The molecule has 0 aromatic rings. The van der Waals surface area contributed by atoms with Gasteiger partial charge in [-0.05, 0) is 6.92 Å². The molecule has 0 aliphatic rings. The first-order chi connectivity index (χ1) is 4.54. The van der Waals surface area contributed by atoms with Crippen molar-refractivity contribution in [2.75, 3.05) is 14.2 Å². The van der Waals surface area contributed by atoms with E-state index in [-0.39, 0.29) is 6.29 Å². The van der Waals surface area contributed by atoms with Crippen LogP contribution in [-0.2, 0) is 24.7 Å². The third-order valence-corrected chi connectivity index (χ3v) is 0.664. The van der Waals surface area contributed by atoms with Crippen molar-refractivity contribution in [1.29, 1.82) is 0 Å². The SMILES string of the molecule is COC(C)OC.[Cl][Nb]([Cl])[Cl]. The number of ether oxygens (including phenoxy) is 2. The van der Waals surface area contributed by atoms with Gasteiger partial charge in [0, 0.05) is 14.2 Å². The molecule has 6 heteroatoms. The van der Waals surface area contributed by atoms with Gasteiger partial charge in [-0.25, -0.2) is 0 Å². The fourth-order valence-electron chi connectivity index (χ4n) is 0.0962. The first-order valence-corrected chi connectivity index (χ1v) is 10.9. The molecule has 0 saturated carbocycles. The van der Waals surface area contributed by atoms with Gasteiger partial charge in [-0.3, -0.25) is 0 Å². The molecule has 0 aliphatic heterocycles. The van der Waals surface area contributed by atoms with E-state index in [0.29, 0.717) is 0 Å². The summed E-state index contributed by atoms with van der Waals surface area (Å²) in [5, 5.41) is 0. The summed E-state index contributed by atoms with van der Waals surface area (Å²) >= 11 is -2.03. The second-order valence-corrected chi connectivity index (χ2v) is 11.2. The summed E-state index contributed by atoms with van der Waals surface area (Å²) in [6, 6.07) is 0. The number of hydrogen-bond acceptors (Lipinski definition) is 2. The Bertz CT molecular complexity index is 57.7. The Kier molecular flexibility index (Phi) is 14.8. The van der Waals surface area contributed by atoms with E-state index in [9.17, 15) is 0 Å². The standard InChI is InChI=1S/C4H10O2.3ClH.Nb/c1-4(5-2)6-3;;;;/h4H,1-3H3;3*1H;/q;;;;+3/p-3. The molecule has 0 spiro atoms. The average molecular weight is 289 g/mol. The molecular weight excluding hydrogens is 279 g/mol. The van der Waals surface area contributed by atoms with Crippen LogP contribution < -0.4 is 0 Å². The zero-order valence-corrected chi connectivity index (χ0v) is 10.4. The molecule has 0 fully saturated rings. The molecule has 0 aliphatic carbocycles. The number of halogens is 3. The number of rotatable bonds is 2. The van der Waals surface area contributed by atoms with Crippen LogP contribution in [0.25, 0.3) is 0 Å². The van der Waals surface area contributed by atoms with E-state index < -0.39 is 15.2 Å². The van der Waals surface area contributed by atoms with E-state index in [1.165, 1.54) is 0 Å². The Hall–Kier alpha value is 1.53. The Morgan fingerprint density at radius 1 is 1.10 bits per heavy atom. The molecule has 0 aromatic heterocycles. The minimum absolute atomic E-state index is 0.0648. The molecule has 0 amide bonds. The van der Waals surface area contributed by atoms with E-state index in [4.69, 9.17) is 27.6 Å². The number of hydrogen-bond donors (Lipinski definition) is 0. The van der Waals surface area contributed by atoms with Gasteiger partial charge in [0.05, 0.1) is 0 Å². The predicted octanol–water partition coefficient (Wildman–Crippen LogP) is 2.69. The summed E-state index contributed by atoms with van der Waals surface area (Å²) in [7, 11) is 18.2. The summed E-state index contributed by atoms with van der Waals surface area (Å²) in [6.45, 7) is 1.83. The third-order valence-electron chi connectivity index (χ3n) is 0.664. The Balaban J connectivity index is 0. The monoisotopic (exact) mass is 288 g/mol. The molecule has 64 valence electrons. The zero-order valence-electron chi connectivity index (χ0n) is 5.97. The van der Waals surface area contributed by atoms with Crippen LogP contribution in [0.3, 0.4) is 0 Å². The first kappa shape index (κ1) is 14.1. The van der Waals surface area contributed by atoms with Crippen LogP contribution in [-0.4, -0.2) is 20.5 Å². The summed E-state index contributed by atoms with van der Waals surface area (Å²) in [5.74, 6) is 0. The van der Waals surface area contributed by atoms with Gasteiger partial charge in [-0.1, -0.05) is 0 Å². The molecule has 0 heterocycles. The van der Waals surface area contributed by atoms with E-state index in [1.807, 2.05) is 6.92 Å². The maximum atomic E-state index is 4.99. The van der Waals surface area contributed by atoms with Gasteiger partial charge in [0.1, 0.15) is 0 Å². The Morgan fingerprint density at radius 2 is 1.30 bits per heavy atom. The van der Waals surface area contributed by atoms with Crippen LogP contribution in [0, 0.1) is 0 Å². The normalized spacial score (nSPS) is 9.60. The second kappa shape index (κ2) is 10.5. The van der Waals surface area contributed by atoms with Gasteiger partial charge in [0.2, 0.25) is 0 Å². The molecule has 0 rings (SSSR count). The fourth-order valence-corrected chi connectivity index (χ4v) is 0.0962. The van der Waals surface area contributed by atoms with E-state index >= 15 is 0 Å². The van der Waals surface area contributed by atoms with Crippen LogP contribution in [0.15, 0.2) is 0 Å². The molecule has 0 aromatic carbocycles. The molecule has 0 N–H and O–H groups in total. The average Bonchev–Trinajstić information content (AvgIpc) is 1.85. The van der Waals surface area contributed by atoms with Crippen LogP contribution in [0.1, 0.15) is 6.92 Å². The van der Waals surface area contributed by atoms with Gasteiger partial charge in [0.15, 0.2) is 6.29 Å². The molecular formula is C4H10Cl3NbO2. The van der Waals surface area contributed by atoms with Gasteiger partial charge in [-0.15, -0.1) is 0 Å². The fraction of sp³-hybridized carbons (Fsp3) is 1.00. The summed E-state index contributed by atoms with van der Waals surface area (Å²) in [6.07, 6.45) is -0.0648. The Morgan fingerprint density at radius 3 is 1.30 bits per heavy atom. The van der Waals surface area contributed by atoms with Gasteiger partial charge in [0.25, 0.3) is 0 Å². The molecule has 0 unspecified atom stereocenters. The van der Waals surface area contributed by atoms with Gasteiger partial charge >= 0.3 is 42.8 Å². The molecule has 0 atom stereocenters. The van der Waals surface area contributed by atoms with Crippen LogP contribution >= 0.6 is 27.6 Å². The topological polar surface area (TPSA) is 18.5 Å². The van der Waals surface area contributed by atoms with E-state index in [0.717, 1.165) is 0 Å². The first-order valence-electron chi connectivity index (χ1n) is 2.37.